The molecule has 3 aromatic rings. The van der Waals surface area contributed by atoms with E-state index in [1.165, 1.54) is 6.20 Å². The number of benzene rings is 1. The number of aromatic nitrogens is 2. The van der Waals surface area contributed by atoms with E-state index in [4.69, 9.17) is 4.98 Å². The van der Waals surface area contributed by atoms with E-state index in [1.807, 2.05) is 35.2 Å². The molecule has 1 aliphatic rings. The number of aliphatic hydroxyl groups is 1. The van der Waals surface area contributed by atoms with E-state index in [1.54, 1.807) is 12.1 Å². The normalized spacial score (nSPS) is 20.3. The number of rotatable bonds is 4. The predicted molar refractivity (Wildman–Crippen MR) is 105 cm³/mol. The Hall–Kier alpha value is -2.51. The Morgan fingerprint density at radius 1 is 1.11 bits per heavy atom. The highest BCUT2D eigenvalue weighted by atomic mass is 32.2. The zero-order chi connectivity index (χ0) is 19.0. The average Bonchev–Trinajstić information content (AvgIpc) is 3.01. The number of aliphatic hydroxyl groups excluding tert-OH is 1. The number of nitrogens with zero attached hydrogens (tertiary/aromatic N) is 3. The number of anilines is 1. The van der Waals surface area contributed by atoms with Crippen molar-refractivity contribution in [2.75, 3.05) is 24.2 Å². The van der Waals surface area contributed by atoms with Gasteiger partial charge in [-0.15, -0.1) is 0 Å². The summed E-state index contributed by atoms with van der Waals surface area (Å²) in [5, 5.41) is 11.6. The van der Waals surface area contributed by atoms with E-state index in [0.29, 0.717) is 25.3 Å². The summed E-state index contributed by atoms with van der Waals surface area (Å²) in [5.74, 6) is 0.727. The van der Waals surface area contributed by atoms with Crippen molar-refractivity contribution in [2.45, 2.75) is 17.4 Å². The number of para-hydroxylation sites is 1. The van der Waals surface area contributed by atoms with Crippen LogP contribution in [0.5, 0.6) is 0 Å². The summed E-state index contributed by atoms with van der Waals surface area (Å²) < 4.78 is 23.1. The predicted octanol–water partition coefficient (Wildman–Crippen LogP) is 2.07. The lowest BCUT2D eigenvalue weighted by Gasteiger charge is -2.17. The van der Waals surface area contributed by atoms with Gasteiger partial charge >= 0.3 is 0 Å². The second kappa shape index (κ2) is 6.90. The molecule has 0 unspecified atom stereocenters. The summed E-state index contributed by atoms with van der Waals surface area (Å²) in [6, 6.07) is 15.3. The Morgan fingerprint density at radius 3 is 2.67 bits per heavy atom. The van der Waals surface area contributed by atoms with Crippen LogP contribution in [0, 0.1) is 5.92 Å². The van der Waals surface area contributed by atoms with Crippen molar-refractivity contribution >= 4 is 26.6 Å². The number of fused-ring (bicyclic) bond motifs is 1. The van der Waals surface area contributed by atoms with Crippen LogP contribution in [0.4, 0.5) is 5.82 Å². The van der Waals surface area contributed by atoms with Gasteiger partial charge < -0.3 is 10.0 Å². The van der Waals surface area contributed by atoms with Crippen LogP contribution in [-0.4, -0.2) is 48.9 Å². The minimum Gasteiger partial charge on any atom is -0.391 e. The van der Waals surface area contributed by atoms with Gasteiger partial charge in [0.15, 0.2) is 9.84 Å². The molecule has 1 aliphatic heterocycles. The van der Waals surface area contributed by atoms with Crippen molar-refractivity contribution in [3.63, 3.8) is 0 Å². The Balaban J connectivity index is 1.49. The maximum atomic E-state index is 11.6. The molecule has 0 radical (unpaired) electrons. The number of sulfone groups is 1. The van der Waals surface area contributed by atoms with Crippen LogP contribution in [0.1, 0.15) is 5.69 Å². The smallest absolute Gasteiger partial charge is 0.177 e. The largest absolute Gasteiger partial charge is 0.391 e. The molecule has 6 nitrogen and oxygen atoms in total. The highest BCUT2D eigenvalue weighted by molar-refractivity contribution is 7.90. The average molecular weight is 383 g/mol. The van der Waals surface area contributed by atoms with E-state index < -0.39 is 15.9 Å². The third kappa shape index (κ3) is 3.79. The first-order valence-corrected chi connectivity index (χ1v) is 10.7. The molecule has 4 rings (SSSR count). The third-order valence-electron chi connectivity index (χ3n) is 5.01. The molecule has 27 heavy (non-hydrogen) atoms. The molecule has 0 saturated carbocycles. The van der Waals surface area contributed by atoms with Crippen molar-refractivity contribution in [1.82, 2.24) is 9.97 Å². The number of hydrogen-bond donors (Lipinski definition) is 1. The van der Waals surface area contributed by atoms with Crippen LogP contribution in [0.15, 0.2) is 59.6 Å². The van der Waals surface area contributed by atoms with E-state index >= 15 is 0 Å². The van der Waals surface area contributed by atoms with E-state index in [0.717, 1.165) is 22.9 Å². The Morgan fingerprint density at radius 2 is 1.93 bits per heavy atom. The van der Waals surface area contributed by atoms with Gasteiger partial charge in [0.05, 0.1) is 16.5 Å². The molecule has 2 aromatic heterocycles. The highest BCUT2D eigenvalue weighted by Gasteiger charge is 2.32. The monoisotopic (exact) mass is 383 g/mol. The quantitative estimate of drug-likeness (QED) is 0.743. The van der Waals surface area contributed by atoms with E-state index in [9.17, 15) is 13.5 Å². The van der Waals surface area contributed by atoms with Crippen molar-refractivity contribution in [3.05, 3.63) is 60.4 Å². The van der Waals surface area contributed by atoms with Gasteiger partial charge in [-0.1, -0.05) is 24.3 Å². The molecule has 1 N–H and O–H groups in total. The lowest BCUT2D eigenvalue weighted by atomic mass is 9.99. The SMILES string of the molecule is CS(=O)(=O)c1ccc(N2C[C@@H](Cc3ccc4ccccc4n3)[C@H](O)C2)nc1. The summed E-state index contributed by atoms with van der Waals surface area (Å²) >= 11 is 0. The highest BCUT2D eigenvalue weighted by Crippen LogP contribution is 2.26. The lowest BCUT2D eigenvalue weighted by Crippen LogP contribution is -2.22. The third-order valence-corrected chi connectivity index (χ3v) is 6.10. The molecule has 3 heterocycles. The molecule has 2 atom stereocenters. The maximum absolute atomic E-state index is 11.6. The molecule has 1 saturated heterocycles. The second-order valence-electron chi connectivity index (χ2n) is 7.06. The van der Waals surface area contributed by atoms with Crippen LogP contribution in [0.3, 0.4) is 0 Å². The molecule has 0 amide bonds. The van der Waals surface area contributed by atoms with Crippen molar-refractivity contribution in [2.24, 2.45) is 5.92 Å². The first-order chi connectivity index (χ1) is 12.9. The van der Waals surface area contributed by atoms with Crippen LogP contribution >= 0.6 is 0 Å². The minimum atomic E-state index is -3.26. The van der Waals surface area contributed by atoms with E-state index in [2.05, 4.69) is 11.1 Å². The molecule has 1 aromatic carbocycles. The Bertz CT molecular complexity index is 1070. The van der Waals surface area contributed by atoms with E-state index in [-0.39, 0.29) is 10.8 Å². The topological polar surface area (TPSA) is 83.4 Å². The zero-order valence-corrected chi connectivity index (χ0v) is 15.8. The molecule has 1 fully saturated rings. The van der Waals surface area contributed by atoms with Gasteiger partial charge in [0.1, 0.15) is 5.82 Å². The van der Waals surface area contributed by atoms with Crippen LogP contribution in [0.2, 0.25) is 0 Å². The van der Waals surface area contributed by atoms with Gasteiger partial charge in [0.25, 0.3) is 0 Å². The van der Waals surface area contributed by atoms with Gasteiger partial charge in [-0.05, 0) is 30.7 Å². The first-order valence-electron chi connectivity index (χ1n) is 8.84. The summed E-state index contributed by atoms with van der Waals surface area (Å²) in [5.41, 5.74) is 1.91. The number of β-amino-alcohol motifs (C(OH)–C–C–N with tert-alkyl or cyclic N) is 1. The first kappa shape index (κ1) is 17.9. The number of hydrogen-bond acceptors (Lipinski definition) is 6. The second-order valence-corrected chi connectivity index (χ2v) is 9.07. The van der Waals surface area contributed by atoms with Gasteiger partial charge in [-0.3, -0.25) is 4.98 Å². The Kier molecular flexibility index (Phi) is 4.57. The molecule has 0 spiro atoms. The zero-order valence-electron chi connectivity index (χ0n) is 15.0. The van der Waals surface area contributed by atoms with Crippen LogP contribution < -0.4 is 4.90 Å². The fraction of sp³-hybridized carbons (Fsp3) is 0.300. The molecule has 7 heteroatoms. The molecule has 0 bridgehead atoms. The fourth-order valence-corrected chi connectivity index (χ4v) is 4.07. The summed E-state index contributed by atoms with van der Waals surface area (Å²) in [4.78, 5) is 11.1. The Labute approximate surface area is 158 Å². The minimum absolute atomic E-state index is 0.0510. The fourth-order valence-electron chi connectivity index (χ4n) is 3.51. The summed E-state index contributed by atoms with van der Waals surface area (Å²) in [7, 11) is -3.26. The van der Waals surface area contributed by atoms with Crippen molar-refractivity contribution < 1.29 is 13.5 Å². The number of pyridine rings is 2. The molecule has 0 aliphatic carbocycles. The summed E-state index contributed by atoms with van der Waals surface area (Å²) in [6.07, 6.45) is 2.74. The molecule has 140 valence electrons. The van der Waals surface area contributed by atoms with Gasteiger partial charge in [0, 0.05) is 42.5 Å². The standard InChI is InChI=1S/C20H21N3O3S/c1-27(25,26)17-8-9-20(21-11-17)23-12-15(19(24)13-23)10-16-7-6-14-4-2-3-5-18(14)22-16/h2-9,11,15,19,24H,10,12-13H2,1H3/t15-,19-/m1/s1. The maximum Gasteiger partial charge on any atom is 0.177 e. The van der Waals surface area contributed by atoms with Gasteiger partial charge in [0.2, 0.25) is 0 Å². The molecular formula is C20H21N3O3S. The van der Waals surface area contributed by atoms with Crippen LogP contribution in [0.25, 0.3) is 10.9 Å². The van der Waals surface area contributed by atoms with Gasteiger partial charge in [-0.25, -0.2) is 13.4 Å². The van der Waals surface area contributed by atoms with Crippen molar-refractivity contribution in [1.29, 1.82) is 0 Å². The van der Waals surface area contributed by atoms with Crippen molar-refractivity contribution in [3.8, 4) is 0 Å². The lowest BCUT2D eigenvalue weighted by molar-refractivity contribution is 0.148. The van der Waals surface area contributed by atoms with Crippen LogP contribution in [-0.2, 0) is 16.3 Å². The molecular weight excluding hydrogens is 362 g/mol. The van der Waals surface area contributed by atoms with Gasteiger partial charge in [-0.2, -0.15) is 0 Å². The summed E-state index contributed by atoms with van der Waals surface area (Å²) in [6.45, 7) is 1.13.